The molecule has 0 radical (unpaired) electrons. The maximum atomic E-state index is 12.4. The average Bonchev–Trinajstić information content (AvgIpc) is 3.07. The number of ether oxygens (including phenoxy) is 1. The van der Waals surface area contributed by atoms with Crippen LogP contribution >= 0.6 is 0 Å². The number of aliphatic imine (C=N–C) groups is 1. The second kappa shape index (κ2) is 7.95. The van der Waals surface area contributed by atoms with E-state index >= 15 is 0 Å². The van der Waals surface area contributed by atoms with Crippen molar-refractivity contribution in [2.45, 2.75) is 19.9 Å². The Labute approximate surface area is 169 Å². The molecule has 2 aromatic rings. The third-order valence-corrected chi connectivity index (χ3v) is 4.96. The van der Waals surface area contributed by atoms with Crippen LogP contribution in [0.5, 0.6) is 0 Å². The van der Waals surface area contributed by atoms with E-state index in [9.17, 15) is 9.59 Å². The summed E-state index contributed by atoms with van der Waals surface area (Å²) in [5.74, 6) is -0.124. The van der Waals surface area contributed by atoms with E-state index in [0.717, 1.165) is 16.3 Å². The first-order chi connectivity index (χ1) is 14.0. The molecule has 4 rings (SSSR count). The predicted octanol–water partition coefficient (Wildman–Crippen LogP) is 2.72. The van der Waals surface area contributed by atoms with Gasteiger partial charge in [0.15, 0.2) is 5.70 Å². The van der Waals surface area contributed by atoms with Gasteiger partial charge in [0.1, 0.15) is 0 Å². The van der Waals surface area contributed by atoms with E-state index in [1.807, 2.05) is 61.2 Å². The number of amides is 2. The number of esters is 1. The van der Waals surface area contributed by atoms with Crippen LogP contribution < -0.4 is 5.32 Å². The van der Waals surface area contributed by atoms with Crippen molar-refractivity contribution >= 4 is 28.7 Å². The number of cyclic esters (lactones) is 1. The quantitative estimate of drug-likeness (QED) is 0.644. The number of carbonyl (C=O) groups is 2. The molecule has 2 aliphatic heterocycles. The van der Waals surface area contributed by atoms with Crippen LogP contribution in [0.4, 0.5) is 4.79 Å². The molecule has 0 unspecified atom stereocenters. The van der Waals surface area contributed by atoms with E-state index in [1.165, 1.54) is 0 Å². The van der Waals surface area contributed by atoms with Gasteiger partial charge < -0.3 is 19.9 Å². The molecule has 0 aliphatic carbocycles. The smallest absolute Gasteiger partial charge is 0.365 e. The molecule has 7 nitrogen and oxygen atoms in total. The number of carbonyl (C=O) groups excluding carboxylic acids is 2. The Bertz CT molecular complexity index is 999. The largest absolute Gasteiger partial charge is 0.402 e. The minimum absolute atomic E-state index is 0.0520. The lowest BCUT2D eigenvalue weighted by Crippen LogP contribution is -2.51. The number of hydrogen-bond donors (Lipinski definition) is 1. The molecular formula is C22H24N4O3. The Kier molecular flexibility index (Phi) is 5.20. The van der Waals surface area contributed by atoms with E-state index < -0.39 is 5.97 Å². The number of fused-ring (bicyclic) bond motifs is 1. The van der Waals surface area contributed by atoms with Gasteiger partial charge in [-0.1, -0.05) is 36.4 Å². The van der Waals surface area contributed by atoms with Gasteiger partial charge in [0.05, 0.1) is 0 Å². The van der Waals surface area contributed by atoms with E-state index in [4.69, 9.17) is 4.74 Å². The number of nitrogens with zero attached hydrogens (tertiary/aromatic N) is 3. The summed E-state index contributed by atoms with van der Waals surface area (Å²) in [6, 6.07) is 13.8. The second-order valence-corrected chi connectivity index (χ2v) is 7.47. The molecular weight excluding hydrogens is 368 g/mol. The first-order valence-corrected chi connectivity index (χ1v) is 9.81. The fourth-order valence-corrected chi connectivity index (χ4v) is 3.49. The number of nitrogens with one attached hydrogen (secondary N) is 1. The molecule has 1 fully saturated rings. The number of benzene rings is 2. The monoisotopic (exact) mass is 392 g/mol. The van der Waals surface area contributed by atoms with Gasteiger partial charge in [0.25, 0.3) is 0 Å². The molecule has 2 heterocycles. The molecule has 2 aliphatic rings. The molecule has 0 bridgehead atoms. The number of urea groups is 1. The van der Waals surface area contributed by atoms with Crippen LogP contribution in [0.15, 0.2) is 59.4 Å². The Morgan fingerprint density at radius 3 is 2.59 bits per heavy atom. The van der Waals surface area contributed by atoms with Crippen LogP contribution in [0.25, 0.3) is 10.8 Å². The van der Waals surface area contributed by atoms with Crippen LogP contribution in [0.2, 0.25) is 0 Å². The third-order valence-electron chi connectivity index (χ3n) is 4.96. The lowest BCUT2D eigenvalue weighted by molar-refractivity contribution is -0.130. The van der Waals surface area contributed by atoms with Gasteiger partial charge in [-0.3, -0.25) is 0 Å². The SMILES string of the molecule is CC(C)NC(=O)N1CCN(/C=C2/N=C(c3cccc4ccccc34)OC2=O)CC1. The summed E-state index contributed by atoms with van der Waals surface area (Å²) in [5.41, 5.74) is 1.09. The molecule has 0 aromatic heterocycles. The van der Waals surface area contributed by atoms with Crippen molar-refractivity contribution in [1.82, 2.24) is 15.1 Å². The first-order valence-electron chi connectivity index (χ1n) is 9.81. The van der Waals surface area contributed by atoms with Gasteiger partial charge in [-0.2, -0.15) is 0 Å². The second-order valence-electron chi connectivity index (χ2n) is 7.47. The van der Waals surface area contributed by atoms with E-state index in [-0.39, 0.29) is 17.8 Å². The highest BCUT2D eigenvalue weighted by Crippen LogP contribution is 2.24. The van der Waals surface area contributed by atoms with Crippen molar-refractivity contribution in [2.24, 2.45) is 4.99 Å². The minimum atomic E-state index is -0.451. The summed E-state index contributed by atoms with van der Waals surface area (Å²) >= 11 is 0. The Hall–Kier alpha value is -3.35. The van der Waals surface area contributed by atoms with Crippen molar-refractivity contribution < 1.29 is 14.3 Å². The van der Waals surface area contributed by atoms with Crippen LogP contribution in [-0.4, -0.2) is 59.9 Å². The molecule has 1 saturated heterocycles. The van der Waals surface area contributed by atoms with Gasteiger partial charge in [-0.05, 0) is 30.7 Å². The fourth-order valence-electron chi connectivity index (χ4n) is 3.49. The van der Waals surface area contributed by atoms with Gasteiger partial charge in [-0.25, -0.2) is 14.6 Å². The number of hydrogen-bond acceptors (Lipinski definition) is 5. The Balaban J connectivity index is 1.48. The zero-order valence-corrected chi connectivity index (χ0v) is 16.6. The molecule has 0 atom stereocenters. The van der Waals surface area contributed by atoms with Crippen LogP contribution in [0, 0.1) is 0 Å². The molecule has 29 heavy (non-hydrogen) atoms. The minimum Gasteiger partial charge on any atom is -0.402 e. The molecule has 2 aromatic carbocycles. The highest BCUT2D eigenvalue weighted by Gasteiger charge is 2.27. The number of rotatable bonds is 3. The van der Waals surface area contributed by atoms with Crippen LogP contribution in [-0.2, 0) is 9.53 Å². The third kappa shape index (κ3) is 4.08. The summed E-state index contributed by atoms with van der Waals surface area (Å²) in [5, 5.41) is 4.96. The van der Waals surface area contributed by atoms with Crippen molar-refractivity contribution in [3.63, 3.8) is 0 Å². The highest BCUT2D eigenvalue weighted by molar-refractivity contribution is 6.16. The van der Waals surface area contributed by atoms with Gasteiger partial charge in [-0.15, -0.1) is 0 Å². The predicted molar refractivity (Wildman–Crippen MR) is 111 cm³/mol. The van der Waals surface area contributed by atoms with Crippen molar-refractivity contribution in [3.8, 4) is 0 Å². The van der Waals surface area contributed by atoms with E-state index in [1.54, 1.807) is 11.1 Å². The van der Waals surface area contributed by atoms with Crippen LogP contribution in [0.3, 0.4) is 0 Å². The topological polar surface area (TPSA) is 74.2 Å². The molecule has 0 spiro atoms. The number of piperazine rings is 1. The molecule has 0 saturated carbocycles. The average molecular weight is 392 g/mol. The van der Waals surface area contributed by atoms with Gasteiger partial charge in [0, 0.05) is 44.0 Å². The standard InChI is InChI=1S/C22H24N4O3/c1-15(2)23-22(28)26-12-10-25(11-13-26)14-19-21(27)29-20(24-19)18-9-5-7-16-6-3-4-8-17(16)18/h3-9,14-15H,10-13H2,1-2H3,(H,23,28)/b19-14+. The summed E-state index contributed by atoms with van der Waals surface area (Å²) in [6.45, 7) is 6.35. The summed E-state index contributed by atoms with van der Waals surface area (Å²) in [4.78, 5) is 32.7. The highest BCUT2D eigenvalue weighted by atomic mass is 16.6. The lowest BCUT2D eigenvalue weighted by Gasteiger charge is -2.34. The molecule has 7 heteroatoms. The van der Waals surface area contributed by atoms with Crippen molar-refractivity contribution in [2.75, 3.05) is 26.2 Å². The van der Waals surface area contributed by atoms with Crippen molar-refractivity contribution in [3.05, 3.63) is 59.9 Å². The Morgan fingerprint density at radius 1 is 1.10 bits per heavy atom. The van der Waals surface area contributed by atoms with Gasteiger partial charge >= 0.3 is 12.0 Å². The molecule has 2 amide bonds. The van der Waals surface area contributed by atoms with Crippen LogP contribution in [0.1, 0.15) is 19.4 Å². The zero-order chi connectivity index (χ0) is 20.4. The van der Waals surface area contributed by atoms with E-state index in [0.29, 0.717) is 32.1 Å². The normalized spacial score (nSPS) is 18.4. The fraction of sp³-hybridized carbons (Fsp3) is 0.318. The molecule has 1 N–H and O–H groups in total. The summed E-state index contributed by atoms with van der Waals surface area (Å²) in [7, 11) is 0. The Morgan fingerprint density at radius 2 is 1.83 bits per heavy atom. The zero-order valence-electron chi connectivity index (χ0n) is 16.6. The summed E-state index contributed by atoms with van der Waals surface area (Å²) in [6.07, 6.45) is 1.73. The first kappa shape index (κ1) is 19.0. The van der Waals surface area contributed by atoms with Crippen molar-refractivity contribution in [1.29, 1.82) is 0 Å². The maximum Gasteiger partial charge on any atom is 0.365 e. The maximum absolute atomic E-state index is 12.4. The van der Waals surface area contributed by atoms with Gasteiger partial charge in [0.2, 0.25) is 5.90 Å². The summed E-state index contributed by atoms with van der Waals surface area (Å²) < 4.78 is 5.45. The van der Waals surface area contributed by atoms with E-state index in [2.05, 4.69) is 10.3 Å². The molecule has 150 valence electrons. The lowest BCUT2D eigenvalue weighted by atomic mass is 10.0.